The molecule has 0 bridgehead atoms. The number of aromatic nitrogens is 2. The number of rotatable bonds is 5. The first kappa shape index (κ1) is 17.8. The van der Waals surface area contributed by atoms with Gasteiger partial charge in [-0.1, -0.05) is 11.3 Å². The van der Waals surface area contributed by atoms with Gasteiger partial charge in [-0.05, 0) is 26.8 Å². The second-order valence-corrected chi connectivity index (χ2v) is 6.25. The van der Waals surface area contributed by atoms with E-state index in [0.717, 1.165) is 34.2 Å². The number of aryl methyl sites for hydroxylation is 1. The molecule has 7 nitrogen and oxygen atoms in total. The summed E-state index contributed by atoms with van der Waals surface area (Å²) in [5, 5.41) is 2.69. The standard InChI is InChI=1S/C15H16FN3O4S/c1-8(2)23-14(22)13-9(3)17-15(24-13)18-11(20)7-19-6-10(16)4-5-12(19)21/h4-6,8H,7H2,1-3H3,(H,17,18,20). The lowest BCUT2D eigenvalue weighted by molar-refractivity contribution is -0.116. The van der Waals surface area contributed by atoms with Crippen molar-refractivity contribution in [1.82, 2.24) is 9.55 Å². The van der Waals surface area contributed by atoms with Crippen molar-refractivity contribution in [3.05, 3.63) is 45.1 Å². The number of ether oxygens (including phenoxy) is 1. The number of carbonyl (C=O) groups is 2. The minimum Gasteiger partial charge on any atom is -0.459 e. The van der Waals surface area contributed by atoms with Crippen molar-refractivity contribution >= 4 is 28.3 Å². The van der Waals surface area contributed by atoms with Gasteiger partial charge in [0.15, 0.2) is 5.13 Å². The number of thiazole rings is 1. The van der Waals surface area contributed by atoms with Gasteiger partial charge in [-0.2, -0.15) is 0 Å². The molecular formula is C15H16FN3O4S. The quantitative estimate of drug-likeness (QED) is 0.830. The van der Waals surface area contributed by atoms with Gasteiger partial charge in [0.1, 0.15) is 17.2 Å². The number of hydrogen-bond donors (Lipinski definition) is 1. The largest absolute Gasteiger partial charge is 0.459 e. The monoisotopic (exact) mass is 353 g/mol. The maximum absolute atomic E-state index is 13.1. The Hall–Kier alpha value is -2.55. The second-order valence-electron chi connectivity index (χ2n) is 5.25. The van der Waals surface area contributed by atoms with E-state index in [4.69, 9.17) is 4.74 Å². The predicted molar refractivity (Wildman–Crippen MR) is 86.7 cm³/mol. The Morgan fingerprint density at radius 2 is 2.12 bits per heavy atom. The van der Waals surface area contributed by atoms with E-state index in [0.29, 0.717) is 10.6 Å². The molecule has 0 atom stereocenters. The Morgan fingerprint density at radius 3 is 2.79 bits per heavy atom. The summed E-state index contributed by atoms with van der Waals surface area (Å²) < 4.78 is 19.2. The summed E-state index contributed by atoms with van der Waals surface area (Å²) in [4.78, 5) is 39.8. The third-order valence-electron chi connectivity index (χ3n) is 2.83. The molecule has 1 amide bonds. The van der Waals surface area contributed by atoms with Gasteiger partial charge in [0.05, 0.1) is 11.8 Å². The third-order valence-corrected chi connectivity index (χ3v) is 3.89. The van der Waals surface area contributed by atoms with Crippen molar-refractivity contribution < 1.29 is 18.7 Å². The van der Waals surface area contributed by atoms with E-state index in [9.17, 15) is 18.8 Å². The lowest BCUT2D eigenvalue weighted by Gasteiger charge is -2.06. The molecule has 0 radical (unpaired) electrons. The van der Waals surface area contributed by atoms with E-state index in [1.165, 1.54) is 0 Å². The van der Waals surface area contributed by atoms with E-state index in [2.05, 4.69) is 10.3 Å². The molecule has 0 aliphatic heterocycles. The third kappa shape index (κ3) is 4.48. The molecule has 24 heavy (non-hydrogen) atoms. The first-order chi connectivity index (χ1) is 11.3. The predicted octanol–water partition coefficient (Wildman–Crippen LogP) is 1.96. The van der Waals surface area contributed by atoms with Crippen molar-refractivity contribution in [2.45, 2.75) is 33.4 Å². The van der Waals surface area contributed by atoms with Gasteiger partial charge < -0.3 is 14.6 Å². The number of amides is 1. The van der Waals surface area contributed by atoms with Crippen LogP contribution in [0, 0.1) is 12.7 Å². The molecular weight excluding hydrogens is 337 g/mol. The minimum atomic E-state index is -0.619. The van der Waals surface area contributed by atoms with Crippen molar-refractivity contribution in [2.75, 3.05) is 5.32 Å². The highest BCUT2D eigenvalue weighted by molar-refractivity contribution is 7.17. The Morgan fingerprint density at radius 1 is 1.42 bits per heavy atom. The number of halogens is 1. The normalized spacial score (nSPS) is 10.7. The van der Waals surface area contributed by atoms with Crippen LogP contribution >= 0.6 is 11.3 Å². The number of esters is 1. The molecule has 0 saturated carbocycles. The fraction of sp³-hybridized carbons (Fsp3) is 0.333. The first-order valence-electron chi connectivity index (χ1n) is 7.10. The van der Waals surface area contributed by atoms with E-state index < -0.39 is 23.3 Å². The number of nitrogens with zero attached hydrogens (tertiary/aromatic N) is 2. The first-order valence-corrected chi connectivity index (χ1v) is 7.92. The molecule has 9 heteroatoms. The lowest BCUT2D eigenvalue weighted by Crippen LogP contribution is -2.27. The number of anilines is 1. The molecule has 2 heterocycles. The zero-order valence-corrected chi connectivity index (χ0v) is 14.1. The number of hydrogen-bond acceptors (Lipinski definition) is 6. The van der Waals surface area contributed by atoms with Crippen LogP contribution in [0.4, 0.5) is 9.52 Å². The summed E-state index contributed by atoms with van der Waals surface area (Å²) in [6, 6.07) is 2.06. The molecule has 0 fully saturated rings. The zero-order chi connectivity index (χ0) is 17.9. The average molecular weight is 353 g/mol. The molecule has 2 rings (SSSR count). The summed E-state index contributed by atoms with van der Waals surface area (Å²) in [5.74, 6) is -1.69. The minimum absolute atomic E-state index is 0.206. The highest BCUT2D eigenvalue weighted by Gasteiger charge is 2.19. The maximum atomic E-state index is 13.1. The Bertz CT molecular complexity index is 828. The van der Waals surface area contributed by atoms with E-state index in [1.54, 1.807) is 20.8 Å². The van der Waals surface area contributed by atoms with Crippen LogP contribution in [-0.4, -0.2) is 27.5 Å². The van der Waals surface area contributed by atoms with Crippen LogP contribution in [0.5, 0.6) is 0 Å². The summed E-state index contributed by atoms with van der Waals surface area (Å²) in [6.45, 7) is 4.72. The van der Waals surface area contributed by atoms with Crippen LogP contribution in [0.1, 0.15) is 29.2 Å². The molecule has 2 aromatic rings. The van der Waals surface area contributed by atoms with Crippen molar-refractivity contribution in [2.24, 2.45) is 0 Å². The van der Waals surface area contributed by atoms with Crippen LogP contribution < -0.4 is 10.9 Å². The Kier molecular flexibility index (Phi) is 5.45. The fourth-order valence-corrected chi connectivity index (χ4v) is 2.71. The number of pyridine rings is 1. The fourth-order valence-electron chi connectivity index (χ4n) is 1.85. The van der Waals surface area contributed by atoms with Crippen molar-refractivity contribution in [3.63, 3.8) is 0 Å². The SMILES string of the molecule is Cc1nc(NC(=O)Cn2cc(F)ccc2=O)sc1C(=O)OC(C)C. The molecule has 0 spiro atoms. The second kappa shape index (κ2) is 7.35. The molecule has 2 aromatic heterocycles. The van der Waals surface area contributed by atoms with E-state index in [-0.39, 0.29) is 17.8 Å². The summed E-state index contributed by atoms with van der Waals surface area (Å²) in [6.07, 6.45) is 0.678. The molecule has 0 saturated heterocycles. The van der Waals surface area contributed by atoms with Crippen molar-refractivity contribution in [1.29, 1.82) is 0 Å². The molecule has 0 aromatic carbocycles. The zero-order valence-electron chi connectivity index (χ0n) is 13.3. The van der Waals surface area contributed by atoms with Crippen LogP contribution in [0.2, 0.25) is 0 Å². The van der Waals surface area contributed by atoms with Crippen LogP contribution in [-0.2, 0) is 16.1 Å². The highest BCUT2D eigenvalue weighted by atomic mass is 32.1. The molecule has 0 unspecified atom stereocenters. The molecule has 1 N–H and O–H groups in total. The van der Waals surface area contributed by atoms with E-state index >= 15 is 0 Å². The van der Waals surface area contributed by atoms with Gasteiger partial charge in [0, 0.05) is 12.3 Å². The van der Waals surface area contributed by atoms with Gasteiger partial charge in [0.25, 0.3) is 5.56 Å². The van der Waals surface area contributed by atoms with Crippen LogP contribution in [0.3, 0.4) is 0 Å². The summed E-state index contributed by atoms with van der Waals surface area (Å²) in [5.41, 5.74) is -0.0630. The van der Waals surface area contributed by atoms with Crippen LogP contribution in [0.25, 0.3) is 0 Å². The van der Waals surface area contributed by atoms with Gasteiger partial charge >= 0.3 is 5.97 Å². The molecule has 0 aliphatic carbocycles. The average Bonchev–Trinajstić information content (AvgIpc) is 2.82. The molecule has 128 valence electrons. The van der Waals surface area contributed by atoms with Gasteiger partial charge in [-0.15, -0.1) is 0 Å². The van der Waals surface area contributed by atoms with Gasteiger partial charge in [-0.25, -0.2) is 14.2 Å². The molecule has 0 aliphatic rings. The smallest absolute Gasteiger partial charge is 0.350 e. The maximum Gasteiger partial charge on any atom is 0.350 e. The summed E-state index contributed by atoms with van der Waals surface area (Å²) >= 11 is 0.977. The lowest BCUT2D eigenvalue weighted by atomic mass is 10.4. The Balaban J connectivity index is 2.08. The topological polar surface area (TPSA) is 90.3 Å². The number of carbonyl (C=O) groups excluding carboxylic acids is 2. The van der Waals surface area contributed by atoms with Gasteiger partial charge in [-0.3, -0.25) is 9.59 Å². The van der Waals surface area contributed by atoms with Gasteiger partial charge in [0.2, 0.25) is 5.91 Å². The highest BCUT2D eigenvalue weighted by Crippen LogP contribution is 2.23. The summed E-state index contributed by atoms with van der Waals surface area (Å²) in [7, 11) is 0. The van der Waals surface area contributed by atoms with E-state index in [1.807, 2.05) is 0 Å². The number of nitrogens with one attached hydrogen (secondary N) is 1. The van der Waals surface area contributed by atoms with Crippen molar-refractivity contribution in [3.8, 4) is 0 Å². The Labute approximate surface area is 141 Å². The van der Waals surface area contributed by atoms with Crippen LogP contribution in [0.15, 0.2) is 23.1 Å².